The Labute approximate surface area is 125 Å². The van der Waals surface area contributed by atoms with Crippen LogP contribution >= 0.6 is 0 Å². The molecule has 114 valence electrons. The molecule has 0 amide bonds. The largest absolute Gasteiger partial charge is 0.384 e. The Bertz CT molecular complexity index is 527. The summed E-state index contributed by atoms with van der Waals surface area (Å²) in [4.78, 5) is 9.39. The number of aromatic nitrogens is 1. The highest BCUT2D eigenvalue weighted by molar-refractivity contribution is 5.99. The van der Waals surface area contributed by atoms with Gasteiger partial charge in [0, 0.05) is 37.9 Å². The van der Waals surface area contributed by atoms with Crippen molar-refractivity contribution < 1.29 is 4.74 Å². The summed E-state index contributed by atoms with van der Waals surface area (Å²) < 4.78 is 5.42. The van der Waals surface area contributed by atoms with Crippen LogP contribution in [-0.2, 0) is 4.74 Å². The van der Waals surface area contributed by atoms with Gasteiger partial charge in [0.15, 0.2) is 0 Å². The highest BCUT2D eigenvalue weighted by Gasteiger charge is 2.30. The first-order chi connectivity index (χ1) is 10.1. The first-order valence-corrected chi connectivity index (χ1v) is 7.54. The molecule has 0 aliphatic carbocycles. The average Bonchev–Trinajstić information content (AvgIpc) is 2.97. The van der Waals surface area contributed by atoms with Crippen molar-refractivity contribution in [1.29, 1.82) is 5.41 Å². The number of aryl methyl sites for hydroxylation is 1. The standard InChI is InChI=1S/C15H23N5O/c1-11-2-3-13(14(16)17)15(18-11)20-5-4-12(10-20)19-6-8-21-9-7-19/h2-3,12H,4-10H2,1H3,(H3,16,17). The quantitative estimate of drug-likeness (QED) is 0.629. The van der Waals surface area contributed by atoms with E-state index in [0.29, 0.717) is 6.04 Å². The predicted molar refractivity (Wildman–Crippen MR) is 83.0 cm³/mol. The van der Waals surface area contributed by atoms with Crippen LogP contribution in [0.5, 0.6) is 0 Å². The first-order valence-electron chi connectivity index (χ1n) is 7.54. The Kier molecular flexibility index (Phi) is 4.07. The lowest BCUT2D eigenvalue weighted by Crippen LogP contribution is -2.44. The molecule has 0 radical (unpaired) electrons. The van der Waals surface area contributed by atoms with Crippen LogP contribution < -0.4 is 10.6 Å². The third-order valence-corrected chi connectivity index (χ3v) is 4.33. The highest BCUT2D eigenvalue weighted by atomic mass is 16.5. The summed E-state index contributed by atoms with van der Waals surface area (Å²) in [6.45, 7) is 7.59. The highest BCUT2D eigenvalue weighted by Crippen LogP contribution is 2.25. The minimum Gasteiger partial charge on any atom is -0.384 e. The molecule has 0 aromatic carbocycles. The minimum atomic E-state index is 0.0901. The number of nitrogen functional groups attached to an aromatic ring is 1. The van der Waals surface area contributed by atoms with Crippen molar-refractivity contribution in [3.8, 4) is 0 Å². The predicted octanol–water partition coefficient (Wildman–Crippen LogP) is 0.585. The fraction of sp³-hybridized carbons (Fsp3) is 0.600. The number of nitrogens with zero attached hydrogens (tertiary/aromatic N) is 3. The summed E-state index contributed by atoms with van der Waals surface area (Å²) in [5.41, 5.74) is 7.40. The normalized spacial score (nSPS) is 23.5. The smallest absolute Gasteiger partial charge is 0.139 e. The molecule has 3 rings (SSSR count). The molecule has 6 nitrogen and oxygen atoms in total. The number of amidine groups is 1. The lowest BCUT2D eigenvalue weighted by molar-refractivity contribution is 0.0209. The van der Waals surface area contributed by atoms with Crippen LogP contribution in [0.1, 0.15) is 17.7 Å². The number of hydrogen-bond donors (Lipinski definition) is 2. The van der Waals surface area contributed by atoms with E-state index in [4.69, 9.17) is 15.9 Å². The number of morpholine rings is 1. The molecule has 2 saturated heterocycles. The SMILES string of the molecule is Cc1ccc(C(=N)N)c(N2CCC(N3CCOCC3)C2)n1. The van der Waals surface area contributed by atoms with Crippen molar-refractivity contribution >= 4 is 11.7 Å². The van der Waals surface area contributed by atoms with E-state index < -0.39 is 0 Å². The van der Waals surface area contributed by atoms with E-state index in [9.17, 15) is 0 Å². The summed E-state index contributed by atoms with van der Waals surface area (Å²) in [5, 5.41) is 7.74. The molecule has 0 saturated carbocycles. The molecule has 2 aliphatic rings. The van der Waals surface area contributed by atoms with E-state index >= 15 is 0 Å². The molecule has 2 aliphatic heterocycles. The molecule has 1 atom stereocenters. The molecule has 2 fully saturated rings. The van der Waals surface area contributed by atoms with Gasteiger partial charge in [-0.25, -0.2) is 4.98 Å². The minimum absolute atomic E-state index is 0.0901. The van der Waals surface area contributed by atoms with Gasteiger partial charge >= 0.3 is 0 Å². The van der Waals surface area contributed by atoms with Gasteiger partial charge in [-0.05, 0) is 25.5 Å². The van der Waals surface area contributed by atoms with Crippen LogP contribution in [-0.4, -0.2) is 61.2 Å². The van der Waals surface area contributed by atoms with Gasteiger partial charge in [-0.3, -0.25) is 10.3 Å². The molecule has 0 spiro atoms. The maximum absolute atomic E-state index is 7.74. The Balaban J connectivity index is 1.76. The van der Waals surface area contributed by atoms with Crippen molar-refractivity contribution in [2.24, 2.45) is 5.73 Å². The zero-order valence-corrected chi connectivity index (χ0v) is 12.5. The number of hydrogen-bond acceptors (Lipinski definition) is 5. The number of rotatable bonds is 3. The summed E-state index contributed by atoms with van der Waals surface area (Å²) in [5.74, 6) is 0.950. The average molecular weight is 289 g/mol. The van der Waals surface area contributed by atoms with Crippen LogP contribution in [0, 0.1) is 12.3 Å². The lowest BCUT2D eigenvalue weighted by Gasteiger charge is -2.32. The monoisotopic (exact) mass is 289 g/mol. The van der Waals surface area contributed by atoms with E-state index in [1.54, 1.807) is 0 Å². The van der Waals surface area contributed by atoms with Gasteiger partial charge in [0.25, 0.3) is 0 Å². The Morgan fingerprint density at radius 3 is 2.81 bits per heavy atom. The summed E-state index contributed by atoms with van der Waals surface area (Å²) >= 11 is 0. The van der Waals surface area contributed by atoms with Crippen molar-refractivity contribution in [2.75, 3.05) is 44.3 Å². The maximum Gasteiger partial charge on any atom is 0.139 e. The van der Waals surface area contributed by atoms with E-state index in [-0.39, 0.29) is 5.84 Å². The Hall–Kier alpha value is -1.66. The van der Waals surface area contributed by atoms with Gasteiger partial charge in [0.2, 0.25) is 0 Å². The number of nitrogens with two attached hydrogens (primary N) is 1. The molecule has 1 unspecified atom stereocenters. The molecule has 21 heavy (non-hydrogen) atoms. The Morgan fingerprint density at radius 2 is 2.10 bits per heavy atom. The second-order valence-corrected chi connectivity index (χ2v) is 5.77. The molecule has 1 aromatic heterocycles. The molecule has 3 N–H and O–H groups in total. The Morgan fingerprint density at radius 1 is 1.33 bits per heavy atom. The van der Waals surface area contributed by atoms with Gasteiger partial charge in [-0.1, -0.05) is 0 Å². The second-order valence-electron chi connectivity index (χ2n) is 5.77. The van der Waals surface area contributed by atoms with Crippen molar-refractivity contribution in [1.82, 2.24) is 9.88 Å². The van der Waals surface area contributed by atoms with Gasteiger partial charge in [0.05, 0.1) is 18.8 Å². The van der Waals surface area contributed by atoms with Gasteiger partial charge < -0.3 is 15.4 Å². The summed E-state index contributed by atoms with van der Waals surface area (Å²) in [6.07, 6.45) is 1.13. The fourth-order valence-corrected chi connectivity index (χ4v) is 3.17. The number of ether oxygens (including phenoxy) is 1. The molecule has 3 heterocycles. The summed E-state index contributed by atoms with van der Waals surface area (Å²) in [7, 11) is 0. The van der Waals surface area contributed by atoms with Gasteiger partial charge in [-0.15, -0.1) is 0 Å². The second kappa shape index (κ2) is 5.99. The van der Waals surface area contributed by atoms with Gasteiger partial charge in [0.1, 0.15) is 11.7 Å². The summed E-state index contributed by atoms with van der Waals surface area (Å²) in [6, 6.07) is 4.37. The van der Waals surface area contributed by atoms with Crippen molar-refractivity contribution in [3.05, 3.63) is 23.4 Å². The number of anilines is 1. The molecular formula is C15H23N5O. The lowest BCUT2D eigenvalue weighted by atomic mass is 10.2. The third kappa shape index (κ3) is 3.01. The fourth-order valence-electron chi connectivity index (χ4n) is 3.17. The van der Waals surface area contributed by atoms with Crippen LogP contribution in [0.15, 0.2) is 12.1 Å². The zero-order valence-electron chi connectivity index (χ0n) is 12.5. The topological polar surface area (TPSA) is 78.5 Å². The van der Waals surface area contributed by atoms with Crippen molar-refractivity contribution in [3.63, 3.8) is 0 Å². The van der Waals surface area contributed by atoms with Crippen LogP contribution in [0.2, 0.25) is 0 Å². The molecule has 6 heteroatoms. The van der Waals surface area contributed by atoms with Crippen LogP contribution in [0.4, 0.5) is 5.82 Å². The third-order valence-electron chi connectivity index (χ3n) is 4.33. The number of nitrogens with one attached hydrogen (secondary N) is 1. The molecular weight excluding hydrogens is 266 g/mol. The van der Waals surface area contributed by atoms with E-state index in [1.807, 2.05) is 19.1 Å². The van der Waals surface area contributed by atoms with Crippen LogP contribution in [0.3, 0.4) is 0 Å². The van der Waals surface area contributed by atoms with Crippen LogP contribution in [0.25, 0.3) is 0 Å². The maximum atomic E-state index is 7.74. The van der Waals surface area contributed by atoms with Gasteiger partial charge in [-0.2, -0.15) is 0 Å². The molecule has 0 bridgehead atoms. The van der Waals surface area contributed by atoms with E-state index in [1.165, 1.54) is 0 Å². The number of pyridine rings is 1. The van der Waals surface area contributed by atoms with Crippen molar-refractivity contribution in [2.45, 2.75) is 19.4 Å². The molecule has 1 aromatic rings. The zero-order chi connectivity index (χ0) is 14.8. The van der Waals surface area contributed by atoms with E-state index in [2.05, 4.69) is 14.8 Å². The van der Waals surface area contributed by atoms with E-state index in [0.717, 1.165) is 62.9 Å². The first kappa shape index (κ1) is 14.3.